The van der Waals surface area contributed by atoms with E-state index < -0.39 is 0 Å². The molecule has 0 atom stereocenters. The molecular formula is C15H21N3O. The van der Waals surface area contributed by atoms with Crippen molar-refractivity contribution < 1.29 is 5.11 Å². The topological polar surface area (TPSA) is 50.1 Å². The lowest BCUT2D eigenvalue weighted by Gasteiger charge is -2.12. The minimum atomic E-state index is -0.0464. The number of aliphatic hydroxyl groups excluding tert-OH is 1. The highest BCUT2D eigenvalue weighted by Gasteiger charge is 2.05. The lowest BCUT2D eigenvalue weighted by atomic mass is 10.2. The molecule has 0 radical (unpaired) electrons. The minimum absolute atomic E-state index is 0.0464. The summed E-state index contributed by atoms with van der Waals surface area (Å²) in [4.78, 5) is 0. The first-order valence-corrected chi connectivity index (χ1v) is 6.04. The van der Waals surface area contributed by atoms with Crippen LogP contribution in [0.3, 0.4) is 0 Å². The van der Waals surface area contributed by atoms with E-state index in [4.69, 9.17) is 5.11 Å². The largest absolute Gasteiger partial charge is 0.392 e. The third-order valence-corrected chi connectivity index (χ3v) is 2.64. The predicted octanol–water partition coefficient (Wildman–Crippen LogP) is 2.38. The van der Waals surface area contributed by atoms with E-state index in [1.54, 1.807) is 17.0 Å². The van der Waals surface area contributed by atoms with Crippen molar-refractivity contribution in [3.05, 3.63) is 60.1 Å². The highest BCUT2D eigenvalue weighted by molar-refractivity contribution is 5.61. The quantitative estimate of drug-likeness (QED) is 0.771. The Labute approximate surface area is 114 Å². The molecule has 0 spiro atoms. The fourth-order valence-electron chi connectivity index (χ4n) is 1.48. The lowest BCUT2D eigenvalue weighted by Crippen LogP contribution is -2.13. The number of rotatable bonds is 6. The Morgan fingerprint density at radius 2 is 2.11 bits per heavy atom. The molecule has 102 valence electrons. The zero-order chi connectivity index (χ0) is 14.4. The van der Waals surface area contributed by atoms with Crippen LogP contribution >= 0.6 is 0 Å². The number of aryl methyl sites for hydroxylation is 1. The first kappa shape index (κ1) is 15.0. The molecule has 2 N–H and O–H groups in total. The van der Waals surface area contributed by atoms with E-state index in [1.165, 1.54) is 0 Å². The third-order valence-electron chi connectivity index (χ3n) is 2.64. The zero-order valence-electron chi connectivity index (χ0n) is 11.8. The lowest BCUT2D eigenvalue weighted by molar-refractivity contribution is 0.335. The third kappa shape index (κ3) is 4.26. The van der Waals surface area contributed by atoms with Gasteiger partial charge in [0.05, 0.1) is 18.0 Å². The zero-order valence-corrected chi connectivity index (χ0v) is 11.8. The van der Waals surface area contributed by atoms with Crippen molar-refractivity contribution >= 4 is 5.70 Å². The molecule has 1 heterocycles. The van der Waals surface area contributed by atoms with Crippen LogP contribution in [0.25, 0.3) is 5.70 Å². The minimum Gasteiger partial charge on any atom is -0.392 e. The van der Waals surface area contributed by atoms with Gasteiger partial charge in [-0.3, -0.25) is 4.68 Å². The van der Waals surface area contributed by atoms with Gasteiger partial charge in [-0.05, 0) is 31.6 Å². The molecule has 4 heteroatoms. The summed E-state index contributed by atoms with van der Waals surface area (Å²) in [5.74, 6) is 0. The number of hydrogen-bond donors (Lipinski definition) is 2. The average Bonchev–Trinajstić information content (AvgIpc) is 2.79. The van der Waals surface area contributed by atoms with Gasteiger partial charge in [0, 0.05) is 18.9 Å². The molecule has 0 bridgehead atoms. The van der Waals surface area contributed by atoms with Gasteiger partial charge in [-0.15, -0.1) is 0 Å². The molecule has 0 fully saturated rings. The maximum absolute atomic E-state index is 8.94. The van der Waals surface area contributed by atoms with E-state index in [2.05, 4.69) is 23.6 Å². The van der Waals surface area contributed by atoms with Crippen LogP contribution in [0.2, 0.25) is 0 Å². The van der Waals surface area contributed by atoms with Crippen molar-refractivity contribution in [2.45, 2.75) is 13.8 Å². The van der Waals surface area contributed by atoms with Gasteiger partial charge in [-0.2, -0.15) is 5.10 Å². The van der Waals surface area contributed by atoms with Crippen LogP contribution in [0.4, 0.5) is 0 Å². The van der Waals surface area contributed by atoms with E-state index >= 15 is 0 Å². The van der Waals surface area contributed by atoms with Gasteiger partial charge >= 0.3 is 0 Å². The van der Waals surface area contributed by atoms with Crippen molar-refractivity contribution in [1.29, 1.82) is 0 Å². The Hall–Kier alpha value is -2.07. The standard InChI is InChI=1S/C15H21N3O/c1-11(2)14(7-6-12(3)10-19)17-13(4)15-8-9-16-18(15)5/h6-9,17,19H,3-4,10H2,1-2,5H3/b7-6-. The molecule has 0 saturated heterocycles. The predicted molar refractivity (Wildman–Crippen MR) is 79.1 cm³/mol. The maximum atomic E-state index is 8.94. The monoisotopic (exact) mass is 259 g/mol. The molecule has 19 heavy (non-hydrogen) atoms. The molecule has 0 amide bonds. The molecule has 4 nitrogen and oxygen atoms in total. The Morgan fingerprint density at radius 3 is 2.58 bits per heavy atom. The molecule has 0 aliphatic rings. The highest BCUT2D eigenvalue weighted by atomic mass is 16.3. The average molecular weight is 259 g/mol. The van der Waals surface area contributed by atoms with E-state index in [9.17, 15) is 0 Å². The van der Waals surface area contributed by atoms with Gasteiger partial charge in [-0.1, -0.05) is 24.8 Å². The summed E-state index contributed by atoms with van der Waals surface area (Å²) in [5.41, 5.74) is 4.40. The summed E-state index contributed by atoms with van der Waals surface area (Å²) in [6.07, 6.45) is 5.40. The van der Waals surface area contributed by atoms with Gasteiger partial charge in [0.15, 0.2) is 0 Å². The molecule has 0 unspecified atom stereocenters. The highest BCUT2D eigenvalue weighted by Crippen LogP contribution is 2.12. The van der Waals surface area contributed by atoms with Gasteiger partial charge in [0.25, 0.3) is 0 Å². The number of hydrogen-bond acceptors (Lipinski definition) is 3. The number of nitrogens with zero attached hydrogens (tertiary/aromatic N) is 2. The van der Waals surface area contributed by atoms with E-state index in [1.807, 2.05) is 33.0 Å². The first-order chi connectivity index (χ1) is 8.95. The summed E-state index contributed by atoms with van der Waals surface area (Å²) in [7, 11) is 1.87. The first-order valence-electron chi connectivity index (χ1n) is 6.04. The summed E-state index contributed by atoms with van der Waals surface area (Å²) < 4.78 is 1.76. The second-order valence-electron chi connectivity index (χ2n) is 4.51. The second kappa shape index (κ2) is 6.75. The number of aromatic nitrogens is 2. The number of aliphatic hydroxyl groups is 1. The SMILES string of the molecule is C=C(/C=C\C(NC(=C)c1ccnn1C)=C(C)C)CO. The van der Waals surface area contributed by atoms with Crippen molar-refractivity contribution in [3.63, 3.8) is 0 Å². The summed E-state index contributed by atoms with van der Waals surface area (Å²) in [6, 6.07) is 1.90. The molecule has 0 aromatic carbocycles. The summed E-state index contributed by atoms with van der Waals surface area (Å²) >= 11 is 0. The fraction of sp³-hybridized carbons (Fsp3) is 0.267. The van der Waals surface area contributed by atoms with Crippen LogP contribution in [0.15, 0.2) is 54.4 Å². The number of allylic oxidation sites excluding steroid dienone is 2. The number of nitrogens with one attached hydrogen (secondary N) is 1. The van der Waals surface area contributed by atoms with E-state index in [-0.39, 0.29) is 6.61 Å². The smallest absolute Gasteiger partial charge is 0.0835 e. The molecular weight excluding hydrogens is 238 g/mol. The van der Waals surface area contributed by atoms with E-state index in [0.29, 0.717) is 5.57 Å². The van der Waals surface area contributed by atoms with Crippen LogP contribution in [-0.4, -0.2) is 21.5 Å². The van der Waals surface area contributed by atoms with Crippen molar-refractivity contribution in [3.8, 4) is 0 Å². The normalized spacial score (nSPS) is 10.5. The molecule has 0 aliphatic heterocycles. The van der Waals surface area contributed by atoms with Crippen LogP contribution in [0.5, 0.6) is 0 Å². The summed E-state index contributed by atoms with van der Waals surface area (Å²) in [6.45, 7) is 11.7. The van der Waals surface area contributed by atoms with Gasteiger partial charge in [0.2, 0.25) is 0 Å². The van der Waals surface area contributed by atoms with Crippen LogP contribution < -0.4 is 5.32 Å². The Bertz CT molecular complexity index is 531. The van der Waals surface area contributed by atoms with Crippen LogP contribution in [0, 0.1) is 0 Å². The maximum Gasteiger partial charge on any atom is 0.0835 e. The Balaban J connectivity index is 2.85. The molecule has 1 rings (SSSR count). The van der Waals surface area contributed by atoms with Crippen molar-refractivity contribution in [2.24, 2.45) is 7.05 Å². The molecule has 0 saturated carbocycles. The van der Waals surface area contributed by atoms with Crippen LogP contribution in [0.1, 0.15) is 19.5 Å². The van der Waals surface area contributed by atoms with Crippen molar-refractivity contribution in [2.75, 3.05) is 6.61 Å². The molecule has 0 aliphatic carbocycles. The Morgan fingerprint density at radius 1 is 1.42 bits per heavy atom. The van der Waals surface area contributed by atoms with E-state index in [0.717, 1.165) is 22.7 Å². The van der Waals surface area contributed by atoms with Crippen molar-refractivity contribution in [1.82, 2.24) is 15.1 Å². The van der Waals surface area contributed by atoms with Gasteiger partial charge < -0.3 is 10.4 Å². The fourth-order valence-corrected chi connectivity index (χ4v) is 1.48. The second-order valence-corrected chi connectivity index (χ2v) is 4.51. The summed E-state index contributed by atoms with van der Waals surface area (Å²) in [5, 5.41) is 16.3. The van der Waals surface area contributed by atoms with Crippen LogP contribution in [-0.2, 0) is 7.05 Å². The van der Waals surface area contributed by atoms with Gasteiger partial charge in [-0.25, -0.2) is 0 Å². The Kier molecular flexibility index (Phi) is 5.33. The molecule has 1 aromatic rings. The molecule has 1 aromatic heterocycles. The van der Waals surface area contributed by atoms with Gasteiger partial charge in [0.1, 0.15) is 0 Å².